The Balaban J connectivity index is 0.00000180. The maximum absolute atomic E-state index is 4.39. The summed E-state index contributed by atoms with van der Waals surface area (Å²) in [5.41, 5.74) is 0. The van der Waals surface area contributed by atoms with Gasteiger partial charge in [0.25, 0.3) is 0 Å². The van der Waals surface area contributed by atoms with E-state index >= 15 is 0 Å². The van der Waals surface area contributed by atoms with Crippen LogP contribution in [0.1, 0.15) is 29.7 Å². The minimum atomic E-state index is 0. The molecule has 2 N–H and O–H groups in total. The molecule has 1 heterocycles. The Hall–Kier alpha value is -0.630. The third kappa shape index (κ3) is 5.10. The highest BCUT2D eigenvalue weighted by Crippen LogP contribution is 2.13. The number of aryl methyl sites for hydroxylation is 1. The maximum Gasteiger partial charge on any atom is 0.191 e. The molecule has 106 valence electrons. The van der Waals surface area contributed by atoms with Gasteiger partial charge in [-0.25, -0.2) is 4.98 Å². The van der Waals surface area contributed by atoms with Gasteiger partial charge in [0.05, 0.1) is 6.54 Å². The number of thiazole rings is 1. The van der Waals surface area contributed by atoms with Gasteiger partial charge in [-0.15, -0.1) is 35.3 Å². The second kappa shape index (κ2) is 8.52. The van der Waals surface area contributed by atoms with Gasteiger partial charge in [0, 0.05) is 24.2 Å². The monoisotopic (exact) mass is 392 g/mol. The van der Waals surface area contributed by atoms with E-state index in [1.807, 2.05) is 6.20 Å². The second-order valence-corrected chi connectivity index (χ2v) is 5.48. The number of aliphatic imine (C=N–C) groups is 1. The van der Waals surface area contributed by atoms with E-state index in [1.54, 1.807) is 18.4 Å². The van der Waals surface area contributed by atoms with Crippen molar-refractivity contribution in [3.63, 3.8) is 0 Å². The average molecular weight is 392 g/mol. The zero-order valence-electron chi connectivity index (χ0n) is 11.3. The minimum absolute atomic E-state index is 0. The van der Waals surface area contributed by atoms with Crippen LogP contribution in [0.4, 0.5) is 0 Å². The Morgan fingerprint density at radius 2 is 2.21 bits per heavy atom. The van der Waals surface area contributed by atoms with Gasteiger partial charge in [-0.1, -0.05) is 19.1 Å². The number of aromatic nitrogens is 1. The molecule has 2 rings (SSSR count). The summed E-state index contributed by atoms with van der Waals surface area (Å²) in [7, 11) is 1.80. The molecule has 0 aliphatic heterocycles. The van der Waals surface area contributed by atoms with Gasteiger partial charge in [-0.2, -0.15) is 0 Å². The van der Waals surface area contributed by atoms with Gasteiger partial charge in [-0.3, -0.25) is 4.99 Å². The van der Waals surface area contributed by atoms with E-state index < -0.39 is 0 Å². The van der Waals surface area contributed by atoms with E-state index in [-0.39, 0.29) is 24.0 Å². The number of rotatable bonds is 4. The zero-order chi connectivity index (χ0) is 12.8. The van der Waals surface area contributed by atoms with Crippen molar-refractivity contribution in [2.24, 2.45) is 4.99 Å². The predicted octanol–water partition coefficient (Wildman–Crippen LogP) is 2.71. The quantitative estimate of drug-likeness (QED) is 0.359. The van der Waals surface area contributed by atoms with Crippen molar-refractivity contribution in [1.29, 1.82) is 0 Å². The van der Waals surface area contributed by atoms with E-state index in [1.165, 1.54) is 4.88 Å². The van der Waals surface area contributed by atoms with E-state index in [4.69, 9.17) is 0 Å². The Morgan fingerprint density at radius 3 is 2.79 bits per heavy atom. The van der Waals surface area contributed by atoms with Crippen LogP contribution in [-0.2, 0) is 13.0 Å². The lowest BCUT2D eigenvalue weighted by molar-refractivity contribution is 0.632. The molecule has 0 atom stereocenters. The summed E-state index contributed by atoms with van der Waals surface area (Å²) in [5.74, 6) is 0.858. The molecule has 1 aliphatic carbocycles. The van der Waals surface area contributed by atoms with Crippen LogP contribution in [0, 0.1) is 0 Å². The molecule has 1 aromatic rings. The van der Waals surface area contributed by atoms with Crippen molar-refractivity contribution in [2.75, 3.05) is 7.05 Å². The lowest BCUT2D eigenvalue weighted by Crippen LogP contribution is -2.42. The molecule has 0 saturated heterocycles. The second-order valence-electron chi connectivity index (χ2n) is 4.28. The highest BCUT2D eigenvalue weighted by atomic mass is 127. The van der Waals surface area contributed by atoms with Crippen LogP contribution in [0.3, 0.4) is 0 Å². The summed E-state index contributed by atoms with van der Waals surface area (Å²) in [5, 5.41) is 7.83. The zero-order valence-corrected chi connectivity index (χ0v) is 14.5. The average Bonchev–Trinajstić information content (AvgIpc) is 3.05. The lowest BCUT2D eigenvalue weighted by atomic mass is 10.2. The molecule has 6 heteroatoms. The number of nitrogens with zero attached hydrogens (tertiary/aromatic N) is 2. The highest BCUT2D eigenvalue weighted by molar-refractivity contribution is 14.0. The number of hydrogen-bond acceptors (Lipinski definition) is 3. The summed E-state index contributed by atoms with van der Waals surface area (Å²) in [6.07, 6.45) is 9.59. The van der Waals surface area contributed by atoms with E-state index in [2.05, 4.69) is 39.7 Å². The topological polar surface area (TPSA) is 49.3 Å². The molecule has 1 aliphatic rings. The van der Waals surface area contributed by atoms with E-state index in [0.29, 0.717) is 6.04 Å². The Bertz CT molecular complexity index is 434. The first-order valence-corrected chi connectivity index (χ1v) is 7.19. The summed E-state index contributed by atoms with van der Waals surface area (Å²) in [6, 6.07) is 0.485. The van der Waals surface area contributed by atoms with Crippen molar-refractivity contribution < 1.29 is 0 Å². The predicted molar refractivity (Wildman–Crippen MR) is 92.4 cm³/mol. The van der Waals surface area contributed by atoms with Crippen LogP contribution in [0.15, 0.2) is 23.3 Å². The molecule has 0 bridgehead atoms. The molecule has 0 aromatic carbocycles. The first-order valence-electron chi connectivity index (χ1n) is 6.37. The number of nitrogens with one attached hydrogen (secondary N) is 2. The summed E-state index contributed by atoms with van der Waals surface area (Å²) >= 11 is 1.76. The van der Waals surface area contributed by atoms with Crippen LogP contribution >= 0.6 is 35.3 Å². The summed E-state index contributed by atoms with van der Waals surface area (Å²) in [6.45, 7) is 2.89. The molecule has 0 unspecified atom stereocenters. The fourth-order valence-corrected chi connectivity index (χ4v) is 2.68. The molecular formula is C13H21IN4S. The maximum atomic E-state index is 4.39. The minimum Gasteiger partial charge on any atom is -0.353 e. The molecule has 4 nitrogen and oxygen atoms in total. The molecule has 0 fully saturated rings. The Labute approximate surface area is 135 Å². The summed E-state index contributed by atoms with van der Waals surface area (Å²) in [4.78, 5) is 9.95. The lowest BCUT2D eigenvalue weighted by Gasteiger charge is -2.16. The van der Waals surface area contributed by atoms with E-state index in [9.17, 15) is 0 Å². The molecule has 1 aromatic heterocycles. The standard InChI is InChI=1S/C13H20N4S.HI/c1-3-11-8-15-12(18-11)9-16-13(14-2)17-10-6-4-5-7-10;/h4-5,8,10H,3,6-7,9H2,1-2H3,(H2,14,16,17);1H. The smallest absolute Gasteiger partial charge is 0.191 e. The fraction of sp³-hybridized carbons (Fsp3) is 0.538. The molecule has 0 spiro atoms. The molecule has 19 heavy (non-hydrogen) atoms. The SMILES string of the molecule is CCc1cnc(CNC(=NC)NC2CC=CC2)s1.I. The summed E-state index contributed by atoms with van der Waals surface area (Å²) < 4.78 is 0. The first kappa shape index (κ1) is 16.4. The van der Waals surface area contributed by atoms with Gasteiger partial charge in [0.15, 0.2) is 5.96 Å². The van der Waals surface area contributed by atoms with Crippen LogP contribution in [0.25, 0.3) is 0 Å². The molecular weight excluding hydrogens is 371 g/mol. The molecule has 0 saturated carbocycles. The van der Waals surface area contributed by atoms with Crippen molar-refractivity contribution in [3.05, 3.63) is 28.2 Å². The Morgan fingerprint density at radius 1 is 1.47 bits per heavy atom. The van der Waals surface area contributed by atoms with Crippen molar-refractivity contribution in [2.45, 2.75) is 38.8 Å². The van der Waals surface area contributed by atoms with Crippen molar-refractivity contribution >= 4 is 41.3 Å². The normalized spacial score (nSPS) is 15.4. The number of hydrogen-bond donors (Lipinski definition) is 2. The van der Waals surface area contributed by atoms with Gasteiger partial charge in [0.2, 0.25) is 0 Å². The molecule has 0 amide bonds. The van der Waals surface area contributed by atoms with Gasteiger partial charge in [0.1, 0.15) is 5.01 Å². The van der Waals surface area contributed by atoms with Crippen molar-refractivity contribution in [1.82, 2.24) is 15.6 Å². The van der Waals surface area contributed by atoms with Gasteiger partial charge < -0.3 is 10.6 Å². The number of guanidine groups is 1. The van der Waals surface area contributed by atoms with E-state index in [0.717, 1.165) is 36.8 Å². The van der Waals surface area contributed by atoms with Crippen LogP contribution in [0.5, 0.6) is 0 Å². The van der Waals surface area contributed by atoms with Crippen LogP contribution < -0.4 is 10.6 Å². The van der Waals surface area contributed by atoms with Gasteiger partial charge >= 0.3 is 0 Å². The number of halogens is 1. The van der Waals surface area contributed by atoms with Gasteiger partial charge in [-0.05, 0) is 19.3 Å². The first-order chi connectivity index (χ1) is 8.81. The third-order valence-corrected chi connectivity index (χ3v) is 4.07. The third-order valence-electron chi connectivity index (χ3n) is 2.93. The highest BCUT2D eigenvalue weighted by Gasteiger charge is 2.11. The molecule has 0 radical (unpaired) electrons. The Kier molecular flexibility index (Phi) is 7.37. The largest absolute Gasteiger partial charge is 0.353 e. The van der Waals surface area contributed by atoms with Crippen LogP contribution in [-0.4, -0.2) is 24.0 Å². The van der Waals surface area contributed by atoms with Crippen LogP contribution in [0.2, 0.25) is 0 Å². The van der Waals surface area contributed by atoms with Crippen molar-refractivity contribution in [3.8, 4) is 0 Å². The fourth-order valence-electron chi connectivity index (χ4n) is 1.88.